The van der Waals surface area contributed by atoms with Gasteiger partial charge in [-0.3, -0.25) is 4.98 Å². The third-order valence-electron chi connectivity index (χ3n) is 4.27. The van der Waals surface area contributed by atoms with Crippen LogP contribution < -0.4 is 0 Å². The Balaban J connectivity index is 1.87. The molecule has 0 saturated heterocycles. The fourth-order valence-electron chi connectivity index (χ4n) is 3.08. The molecule has 1 fully saturated rings. The Morgan fingerprint density at radius 3 is 2.58 bits per heavy atom. The van der Waals surface area contributed by atoms with E-state index in [2.05, 4.69) is 48.3 Å². The zero-order chi connectivity index (χ0) is 13.1. The lowest BCUT2D eigenvalue weighted by Crippen LogP contribution is -2.02. The number of rotatable bonds is 3. The van der Waals surface area contributed by atoms with Gasteiger partial charge in [-0.1, -0.05) is 56.0 Å². The summed E-state index contributed by atoms with van der Waals surface area (Å²) in [6.45, 7) is 2.19. The second-order valence-electron chi connectivity index (χ2n) is 5.72. The minimum atomic E-state index is 0.893. The highest BCUT2D eigenvalue weighted by molar-refractivity contribution is 5.60. The third kappa shape index (κ3) is 2.86. The summed E-state index contributed by atoms with van der Waals surface area (Å²) in [6.07, 6.45) is 8.91. The first kappa shape index (κ1) is 12.4. The molecule has 0 spiro atoms. The van der Waals surface area contributed by atoms with Crippen LogP contribution in [0.5, 0.6) is 0 Å². The van der Waals surface area contributed by atoms with Crippen molar-refractivity contribution >= 4 is 0 Å². The lowest BCUT2D eigenvalue weighted by molar-refractivity contribution is 0.545. The van der Waals surface area contributed by atoms with Gasteiger partial charge in [0.05, 0.1) is 5.69 Å². The Hall–Kier alpha value is -1.63. The molecule has 1 aliphatic carbocycles. The maximum Gasteiger partial charge on any atom is 0.0704 e. The lowest BCUT2D eigenvalue weighted by Gasteiger charge is -2.12. The standard InChI is InChI=1S/C18H21N/c1-14-13-19-18(16-9-3-2-4-10-16)12-17(14)11-15-7-5-6-8-15/h2-4,9-10,12-13,15H,5-8,11H2,1H3. The zero-order valence-corrected chi connectivity index (χ0v) is 11.6. The molecule has 1 heterocycles. The second-order valence-corrected chi connectivity index (χ2v) is 5.72. The second kappa shape index (κ2) is 5.56. The van der Waals surface area contributed by atoms with Crippen LogP contribution in [0.25, 0.3) is 11.3 Å². The van der Waals surface area contributed by atoms with E-state index in [0.717, 1.165) is 11.6 Å². The number of benzene rings is 1. The predicted octanol–water partition coefficient (Wildman–Crippen LogP) is 4.79. The monoisotopic (exact) mass is 251 g/mol. The molecule has 19 heavy (non-hydrogen) atoms. The molecule has 0 atom stereocenters. The summed E-state index contributed by atoms with van der Waals surface area (Å²) in [5.41, 5.74) is 5.15. The molecule has 0 radical (unpaired) electrons. The number of hydrogen-bond donors (Lipinski definition) is 0. The quantitative estimate of drug-likeness (QED) is 0.764. The highest BCUT2D eigenvalue weighted by Crippen LogP contribution is 2.30. The maximum absolute atomic E-state index is 4.58. The Bertz CT molecular complexity index is 539. The fourth-order valence-corrected chi connectivity index (χ4v) is 3.08. The van der Waals surface area contributed by atoms with Crippen molar-refractivity contribution in [2.75, 3.05) is 0 Å². The van der Waals surface area contributed by atoms with Crippen LogP contribution >= 0.6 is 0 Å². The van der Waals surface area contributed by atoms with E-state index in [-0.39, 0.29) is 0 Å². The summed E-state index contributed by atoms with van der Waals surface area (Å²) in [4.78, 5) is 4.58. The summed E-state index contributed by atoms with van der Waals surface area (Å²) >= 11 is 0. The van der Waals surface area contributed by atoms with Crippen LogP contribution in [0, 0.1) is 12.8 Å². The van der Waals surface area contributed by atoms with Crippen LogP contribution in [0.2, 0.25) is 0 Å². The van der Waals surface area contributed by atoms with Gasteiger partial charge in [-0.25, -0.2) is 0 Å². The first-order chi connectivity index (χ1) is 9.33. The minimum Gasteiger partial charge on any atom is -0.256 e. The highest BCUT2D eigenvalue weighted by atomic mass is 14.7. The molecular formula is C18H21N. The topological polar surface area (TPSA) is 12.9 Å². The minimum absolute atomic E-state index is 0.893. The maximum atomic E-state index is 4.58. The first-order valence-corrected chi connectivity index (χ1v) is 7.34. The molecular weight excluding hydrogens is 230 g/mol. The fraction of sp³-hybridized carbons (Fsp3) is 0.389. The SMILES string of the molecule is Cc1cnc(-c2ccccc2)cc1CC1CCCC1. The van der Waals surface area contributed by atoms with Crippen molar-refractivity contribution in [1.82, 2.24) is 4.98 Å². The van der Waals surface area contributed by atoms with Crippen LogP contribution in [0.15, 0.2) is 42.6 Å². The molecule has 0 bridgehead atoms. The molecule has 0 amide bonds. The van der Waals surface area contributed by atoms with Crippen LogP contribution in [0.1, 0.15) is 36.8 Å². The van der Waals surface area contributed by atoms with Crippen molar-refractivity contribution in [2.45, 2.75) is 39.0 Å². The highest BCUT2D eigenvalue weighted by Gasteiger charge is 2.16. The largest absolute Gasteiger partial charge is 0.256 e. The van der Waals surface area contributed by atoms with Crippen molar-refractivity contribution in [3.8, 4) is 11.3 Å². The van der Waals surface area contributed by atoms with E-state index < -0.39 is 0 Å². The summed E-state index contributed by atoms with van der Waals surface area (Å²) in [5.74, 6) is 0.893. The molecule has 1 aliphatic rings. The molecule has 1 nitrogen and oxygen atoms in total. The van der Waals surface area contributed by atoms with E-state index in [9.17, 15) is 0 Å². The van der Waals surface area contributed by atoms with Crippen molar-refractivity contribution in [3.63, 3.8) is 0 Å². The van der Waals surface area contributed by atoms with E-state index in [1.54, 1.807) is 0 Å². The van der Waals surface area contributed by atoms with Gasteiger partial charge in [0.2, 0.25) is 0 Å². The molecule has 1 heteroatoms. The third-order valence-corrected chi connectivity index (χ3v) is 4.27. The average molecular weight is 251 g/mol. The van der Waals surface area contributed by atoms with Gasteiger partial charge in [0.15, 0.2) is 0 Å². The zero-order valence-electron chi connectivity index (χ0n) is 11.6. The number of hydrogen-bond acceptors (Lipinski definition) is 1. The van der Waals surface area contributed by atoms with Crippen molar-refractivity contribution in [2.24, 2.45) is 5.92 Å². The average Bonchev–Trinajstić information content (AvgIpc) is 2.95. The van der Waals surface area contributed by atoms with E-state index in [4.69, 9.17) is 0 Å². The molecule has 2 aromatic rings. The van der Waals surface area contributed by atoms with Crippen LogP contribution in [0.3, 0.4) is 0 Å². The van der Waals surface area contributed by atoms with Crippen LogP contribution in [0.4, 0.5) is 0 Å². The molecule has 1 aromatic carbocycles. The van der Waals surface area contributed by atoms with Gasteiger partial charge < -0.3 is 0 Å². The summed E-state index contributed by atoms with van der Waals surface area (Å²) < 4.78 is 0. The van der Waals surface area contributed by atoms with Gasteiger partial charge in [-0.15, -0.1) is 0 Å². The van der Waals surface area contributed by atoms with E-state index in [1.807, 2.05) is 6.20 Å². The van der Waals surface area contributed by atoms with Gasteiger partial charge in [-0.05, 0) is 36.5 Å². The van der Waals surface area contributed by atoms with E-state index in [0.29, 0.717) is 0 Å². The first-order valence-electron chi connectivity index (χ1n) is 7.34. The van der Waals surface area contributed by atoms with Gasteiger partial charge >= 0.3 is 0 Å². The normalized spacial score (nSPS) is 15.8. The van der Waals surface area contributed by atoms with E-state index in [1.165, 1.54) is 48.8 Å². The molecule has 0 N–H and O–H groups in total. The van der Waals surface area contributed by atoms with Crippen LogP contribution in [-0.4, -0.2) is 4.98 Å². The molecule has 0 aliphatic heterocycles. The van der Waals surface area contributed by atoms with Crippen LogP contribution in [-0.2, 0) is 6.42 Å². The van der Waals surface area contributed by atoms with Gasteiger partial charge in [0.25, 0.3) is 0 Å². The number of aromatic nitrogens is 1. The predicted molar refractivity (Wildman–Crippen MR) is 80.1 cm³/mol. The molecule has 1 saturated carbocycles. The summed E-state index contributed by atoms with van der Waals surface area (Å²) in [6, 6.07) is 12.8. The molecule has 0 unspecified atom stereocenters. The Labute approximate surface area is 115 Å². The Kier molecular flexibility index (Phi) is 3.63. The molecule has 98 valence electrons. The summed E-state index contributed by atoms with van der Waals surface area (Å²) in [7, 11) is 0. The van der Waals surface area contributed by atoms with E-state index >= 15 is 0 Å². The number of nitrogens with zero attached hydrogens (tertiary/aromatic N) is 1. The molecule has 1 aromatic heterocycles. The van der Waals surface area contributed by atoms with Gasteiger partial charge in [0, 0.05) is 11.8 Å². The Morgan fingerprint density at radius 2 is 1.84 bits per heavy atom. The van der Waals surface area contributed by atoms with Crippen molar-refractivity contribution in [1.29, 1.82) is 0 Å². The smallest absolute Gasteiger partial charge is 0.0704 e. The summed E-state index contributed by atoms with van der Waals surface area (Å²) in [5, 5.41) is 0. The Morgan fingerprint density at radius 1 is 1.11 bits per heavy atom. The van der Waals surface area contributed by atoms with Gasteiger partial charge in [-0.2, -0.15) is 0 Å². The number of aryl methyl sites for hydroxylation is 1. The molecule has 3 rings (SSSR count). The van der Waals surface area contributed by atoms with Crippen molar-refractivity contribution < 1.29 is 0 Å². The van der Waals surface area contributed by atoms with Gasteiger partial charge in [0.1, 0.15) is 0 Å². The number of pyridine rings is 1. The lowest BCUT2D eigenvalue weighted by atomic mass is 9.95. The van der Waals surface area contributed by atoms with Crippen molar-refractivity contribution in [3.05, 3.63) is 53.7 Å².